The summed E-state index contributed by atoms with van der Waals surface area (Å²) in [6.07, 6.45) is 0. The van der Waals surface area contributed by atoms with Gasteiger partial charge in [-0.2, -0.15) is 0 Å². The van der Waals surface area contributed by atoms with Gasteiger partial charge in [0.15, 0.2) is 11.0 Å². The largest absolute Gasteiger partial charge is 0.495 e. The number of rotatable bonds is 9. The third-order valence-electron chi connectivity index (χ3n) is 4.98. The number of thiophene rings is 1. The zero-order valence-electron chi connectivity index (χ0n) is 18.7. The number of methoxy groups -OCH3 is 1. The number of para-hydroxylation sites is 2. The molecule has 2 aromatic heterocycles. The molecule has 0 fully saturated rings. The predicted molar refractivity (Wildman–Crippen MR) is 135 cm³/mol. The molecule has 0 saturated heterocycles. The molecule has 2 aromatic carbocycles. The molecule has 4 aromatic rings. The highest BCUT2D eigenvalue weighted by atomic mass is 32.2. The zero-order valence-corrected chi connectivity index (χ0v) is 20.3. The molecule has 1 amide bonds. The Morgan fingerprint density at radius 2 is 1.88 bits per heavy atom. The first-order valence-electron chi connectivity index (χ1n) is 10.3. The van der Waals surface area contributed by atoms with Crippen LogP contribution in [-0.4, -0.2) is 47.6 Å². The lowest BCUT2D eigenvalue weighted by atomic mass is 10.2. The van der Waals surface area contributed by atoms with Crippen molar-refractivity contribution in [2.24, 2.45) is 0 Å². The summed E-state index contributed by atoms with van der Waals surface area (Å²) < 4.78 is 7.52. The second-order valence-electron chi connectivity index (χ2n) is 7.42. The van der Waals surface area contributed by atoms with Crippen molar-refractivity contribution in [3.8, 4) is 22.1 Å². The fourth-order valence-corrected chi connectivity index (χ4v) is 4.73. The molecule has 4 rings (SSSR count). The normalized spacial score (nSPS) is 10.8. The molecule has 9 heteroatoms. The number of hydrogen-bond acceptors (Lipinski definition) is 7. The molecular formula is C24H25N5O2S2. The molecule has 0 atom stereocenters. The maximum Gasteiger partial charge on any atom is 0.230 e. The first-order chi connectivity index (χ1) is 16.1. The van der Waals surface area contributed by atoms with Crippen molar-refractivity contribution >= 4 is 34.7 Å². The van der Waals surface area contributed by atoms with Gasteiger partial charge < -0.3 is 15.0 Å². The topological polar surface area (TPSA) is 72.3 Å². The molecule has 0 radical (unpaired) electrons. The van der Waals surface area contributed by atoms with E-state index in [1.54, 1.807) is 18.4 Å². The molecule has 2 heterocycles. The minimum atomic E-state index is -0.0658. The number of nitrogens with zero attached hydrogens (tertiary/aromatic N) is 4. The number of hydrogen-bond donors (Lipinski definition) is 1. The van der Waals surface area contributed by atoms with Crippen LogP contribution >= 0.6 is 23.1 Å². The van der Waals surface area contributed by atoms with Crippen molar-refractivity contribution in [2.45, 2.75) is 11.7 Å². The average Bonchev–Trinajstić information content (AvgIpc) is 3.51. The molecule has 0 bridgehead atoms. The van der Waals surface area contributed by atoms with Crippen LogP contribution in [-0.2, 0) is 11.3 Å². The number of ether oxygens (including phenoxy) is 1. The zero-order chi connectivity index (χ0) is 23.2. The Labute approximate surface area is 201 Å². The van der Waals surface area contributed by atoms with E-state index in [1.165, 1.54) is 11.8 Å². The van der Waals surface area contributed by atoms with E-state index < -0.39 is 0 Å². The summed E-state index contributed by atoms with van der Waals surface area (Å²) in [5.41, 5.74) is 3.01. The molecule has 33 heavy (non-hydrogen) atoms. The smallest absolute Gasteiger partial charge is 0.230 e. The van der Waals surface area contributed by atoms with Crippen LogP contribution in [0.25, 0.3) is 16.4 Å². The van der Waals surface area contributed by atoms with Gasteiger partial charge in [-0.05, 0) is 41.3 Å². The van der Waals surface area contributed by atoms with Gasteiger partial charge >= 0.3 is 0 Å². The van der Waals surface area contributed by atoms with Crippen LogP contribution in [0.15, 0.2) is 71.2 Å². The van der Waals surface area contributed by atoms with Crippen LogP contribution < -0.4 is 15.0 Å². The van der Waals surface area contributed by atoms with Gasteiger partial charge in [0.25, 0.3) is 0 Å². The summed E-state index contributed by atoms with van der Waals surface area (Å²) in [6.45, 7) is 0.479. The maximum absolute atomic E-state index is 12.6. The van der Waals surface area contributed by atoms with E-state index in [0.717, 1.165) is 27.6 Å². The highest BCUT2D eigenvalue weighted by molar-refractivity contribution is 7.99. The minimum absolute atomic E-state index is 0.0658. The minimum Gasteiger partial charge on any atom is -0.495 e. The SMILES string of the molecule is COc1ccccc1-n1c(SCC(=O)NCc2ccc(N(C)C)cc2)nnc1-c1cccs1. The lowest BCUT2D eigenvalue weighted by molar-refractivity contribution is -0.118. The van der Waals surface area contributed by atoms with Gasteiger partial charge in [-0.25, -0.2) is 0 Å². The maximum atomic E-state index is 12.6. The fourth-order valence-electron chi connectivity index (χ4n) is 3.25. The number of carbonyl (C=O) groups is 1. The second-order valence-corrected chi connectivity index (χ2v) is 9.31. The molecule has 170 valence electrons. The van der Waals surface area contributed by atoms with Gasteiger partial charge in [0.05, 0.1) is 23.4 Å². The molecule has 0 unspecified atom stereocenters. The van der Waals surface area contributed by atoms with Gasteiger partial charge in [0.2, 0.25) is 5.91 Å². The van der Waals surface area contributed by atoms with Crippen molar-refractivity contribution in [3.05, 3.63) is 71.6 Å². The third-order valence-corrected chi connectivity index (χ3v) is 6.77. The van der Waals surface area contributed by atoms with Gasteiger partial charge in [0.1, 0.15) is 5.75 Å². The number of anilines is 1. The number of carbonyl (C=O) groups excluding carboxylic acids is 1. The van der Waals surface area contributed by atoms with Crippen LogP contribution in [0.5, 0.6) is 5.75 Å². The van der Waals surface area contributed by atoms with Crippen LogP contribution in [0.3, 0.4) is 0 Å². The molecule has 0 saturated carbocycles. The summed E-state index contributed by atoms with van der Waals surface area (Å²) in [7, 11) is 5.64. The Morgan fingerprint density at radius 3 is 2.58 bits per heavy atom. The van der Waals surface area contributed by atoms with Crippen molar-refractivity contribution in [2.75, 3.05) is 31.9 Å². The highest BCUT2D eigenvalue weighted by Crippen LogP contribution is 2.33. The summed E-state index contributed by atoms with van der Waals surface area (Å²) in [5, 5.41) is 14.4. The molecule has 0 spiro atoms. The summed E-state index contributed by atoms with van der Waals surface area (Å²) in [5.74, 6) is 1.60. The van der Waals surface area contributed by atoms with E-state index in [0.29, 0.717) is 17.5 Å². The van der Waals surface area contributed by atoms with Crippen molar-refractivity contribution in [1.29, 1.82) is 0 Å². The number of thioether (sulfide) groups is 1. The van der Waals surface area contributed by atoms with Gasteiger partial charge in [0, 0.05) is 26.3 Å². The Hall–Kier alpha value is -3.30. The molecule has 0 aliphatic heterocycles. The van der Waals surface area contributed by atoms with E-state index in [1.807, 2.05) is 89.6 Å². The van der Waals surface area contributed by atoms with Gasteiger partial charge in [-0.1, -0.05) is 42.1 Å². The van der Waals surface area contributed by atoms with Crippen LogP contribution in [0.2, 0.25) is 0 Å². The van der Waals surface area contributed by atoms with Crippen molar-refractivity contribution < 1.29 is 9.53 Å². The average molecular weight is 480 g/mol. The second kappa shape index (κ2) is 10.5. The fraction of sp³-hybridized carbons (Fsp3) is 0.208. The summed E-state index contributed by atoms with van der Waals surface area (Å²) in [4.78, 5) is 15.6. The van der Waals surface area contributed by atoms with E-state index in [4.69, 9.17) is 4.74 Å². The molecular weight excluding hydrogens is 454 g/mol. The van der Waals surface area contributed by atoms with Crippen LogP contribution in [0.4, 0.5) is 5.69 Å². The van der Waals surface area contributed by atoms with Gasteiger partial charge in [-0.15, -0.1) is 21.5 Å². The third kappa shape index (κ3) is 5.37. The van der Waals surface area contributed by atoms with Gasteiger partial charge in [-0.3, -0.25) is 9.36 Å². The van der Waals surface area contributed by atoms with Crippen molar-refractivity contribution in [1.82, 2.24) is 20.1 Å². The number of benzene rings is 2. The first-order valence-corrected chi connectivity index (χ1v) is 12.2. The quantitative estimate of drug-likeness (QED) is 0.357. The Morgan fingerprint density at radius 1 is 1.09 bits per heavy atom. The van der Waals surface area contributed by atoms with E-state index in [2.05, 4.69) is 15.5 Å². The lowest BCUT2D eigenvalue weighted by Gasteiger charge is -2.13. The monoisotopic (exact) mass is 479 g/mol. The van der Waals surface area contributed by atoms with E-state index in [9.17, 15) is 4.79 Å². The number of nitrogens with one attached hydrogen (secondary N) is 1. The predicted octanol–water partition coefficient (Wildman–Crippen LogP) is 4.48. The number of aromatic nitrogens is 3. The molecule has 7 nitrogen and oxygen atoms in total. The summed E-state index contributed by atoms with van der Waals surface area (Å²) >= 11 is 2.94. The molecule has 0 aliphatic carbocycles. The Kier molecular flexibility index (Phi) is 7.31. The molecule has 1 N–H and O–H groups in total. The Balaban J connectivity index is 1.48. The number of amides is 1. The van der Waals surface area contributed by atoms with Crippen LogP contribution in [0, 0.1) is 0 Å². The lowest BCUT2D eigenvalue weighted by Crippen LogP contribution is -2.24. The van der Waals surface area contributed by atoms with E-state index in [-0.39, 0.29) is 11.7 Å². The summed E-state index contributed by atoms with van der Waals surface area (Å²) in [6, 6.07) is 19.8. The standard InChI is InChI=1S/C24H25N5O2S2/c1-28(2)18-12-10-17(11-13-18)15-25-22(30)16-33-24-27-26-23(21-9-6-14-32-21)29(24)19-7-4-5-8-20(19)31-3/h4-14H,15-16H2,1-3H3,(H,25,30). The highest BCUT2D eigenvalue weighted by Gasteiger charge is 2.20. The molecule has 0 aliphatic rings. The van der Waals surface area contributed by atoms with Crippen LogP contribution in [0.1, 0.15) is 5.56 Å². The van der Waals surface area contributed by atoms with E-state index >= 15 is 0 Å². The van der Waals surface area contributed by atoms with Crippen molar-refractivity contribution in [3.63, 3.8) is 0 Å². The first kappa shape index (κ1) is 22.9. The Bertz CT molecular complexity index is 1200.